The van der Waals surface area contributed by atoms with Crippen molar-refractivity contribution in [3.05, 3.63) is 0 Å². The number of nitrogens with zero attached hydrogens (tertiary/aromatic N) is 1. The molecule has 0 saturated carbocycles. The molecule has 7 heteroatoms. The molecule has 2 amide bonds. The molecule has 0 unspecified atom stereocenters. The van der Waals surface area contributed by atoms with Crippen LogP contribution in [-0.4, -0.2) is 61.5 Å². The van der Waals surface area contributed by atoms with Crippen LogP contribution in [-0.2, 0) is 19.1 Å². The molecule has 0 radical (unpaired) electrons. The highest BCUT2D eigenvalue weighted by atomic mass is 16.5. The van der Waals surface area contributed by atoms with Crippen molar-refractivity contribution in [1.82, 2.24) is 15.5 Å². The number of ether oxygens (including phenoxy) is 1. The van der Waals surface area contributed by atoms with Gasteiger partial charge in [0.25, 0.3) is 0 Å². The summed E-state index contributed by atoms with van der Waals surface area (Å²) in [5.41, 5.74) is 0. The molecule has 0 aromatic carbocycles. The highest BCUT2D eigenvalue weighted by Gasteiger charge is 2.29. The van der Waals surface area contributed by atoms with E-state index in [0.29, 0.717) is 26.1 Å². The van der Waals surface area contributed by atoms with Crippen LogP contribution < -0.4 is 10.6 Å². The zero-order chi connectivity index (χ0) is 16.7. The van der Waals surface area contributed by atoms with Gasteiger partial charge in [0.05, 0.1) is 19.1 Å². The number of amides is 2. The van der Waals surface area contributed by atoms with Crippen LogP contribution in [0.15, 0.2) is 0 Å². The Morgan fingerprint density at radius 3 is 2.91 bits per heavy atom. The molecule has 7 nitrogen and oxygen atoms in total. The van der Waals surface area contributed by atoms with E-state index in [0.717, 1.165) is 32.2 Å². The Balaban J connectivity index is 1.79. The Bertz CT molecular complexity index is 441. The molecule has 2 atom stereocenters. The van der Waals surface area contributed by atoms with Crippen LogP contribution in [0.25, 0.3) is 0 Å². The van der Waals surface area contributed by atoms with Crippen molar-refractivity contribution in [1.29, 1.82) is 0 Å². The lowest BCUT2D eigenvalue weighted by atomic mass is 9.98. The maximum Gasteiger partial charge on any atom is 0.310 e. The first-order valence-corrected chi connectivity index (χ1v) is 8.56. The van der Waals surface area contributed by atoms with E-state index in [2.05, 4.69) is 10.6 Å². The maximum atomic E-state index is 12.2. The van der Waals surface area contributed by atoms with E-state index < -0.39 is 6.04 Å². The van der Waals surface area contributed by atoms with Crippen molar-refractivity contribution in [3.63, 3.8) is 0 Å². The third-order valence-corrected chi connectivity index (χ3v) is 4.36. The summed E-state index contributed by atoms with van der Waals surface area (Å²) in [4.78, 5) is 37.8. The molecule has 0 aromatic heterocycles. The van der Waals surface area contributed by atoms with Crippen LogP contribution in [0.1, 0.15) is 39.0 Å². The lowest BCUT2D eigenvalue weighted by molar-refractivity contribution is -0.150. The Morgan fingerprint density at radius 1 is 1.30 bits per heavy atom. The van der Waals surface area contributed by atoms with E-state index in [-0.39, 0.29) is 30.2 Å². The van der Waals surface area contributed by atoms with Gasteiger partial charge in [-0.15, -0.1) is 0 Å². The molecule has 2 saturated heterocycles. The molecular weight excluding hydrogens is 298 g/mol. The van der Waals surface area contributed by atoms with Crippen LogP contribution in [0, 0.1) is 5.92 Å². The van der Waals surface area contributed by atoms with Gasteiger partial charge in [0.2, 0.25) is 11.8 Å². The molecule has 23 heavy (non-hydrogen) atoms. The monoisotopic (exact) mass is 325 g/mol. The Labute approximate surface area is 137 Å². The second-order valence-corrected chi connectivity index (χ2v) is 6.23. The minimum atomic E-state index is -0.435. The number of carbonyl (C=O) groups excluding carboxylic acids is 3. The number of likely N-dealkylation sites (tertiary alicyclic amines) is 1. The smallest absolute Gasteiger partial charge is 0.310 e. The van der Waals surface area contributed by atoms with E-state index in [1.807, 2.05) is 4.90 Å². The fourth-order valence-electron chi connectivity index (χ4n) is 3.17. The summed E-state index contributed by atoms with van der Waals surface area (Å²) in [5, 5.41) is 5.63. The largest absolute Gasteiger partial charge is 0.466 e. The third kappa shape index (κ3) is 5.49. The molecule has 2 heterocycles. The molecule has 0 aliphatic carbocycles. The fourth-order valence-corrected chi connectivity index (χ4v) is 3.17. The summed E-state index contributed by atoms with van der Waals surface area (Å²) in [5.74, 6) is -0.589. The van der Waals surface area contributed by atoms with E-state index in [9.17, 15) is 14.4 Å². The molecule has 2 N–H and O–H groups in total. The van der Waals surface area contributed by atoms with Gasteiger partial charge in [0.1, 0.15) is 6.04 Å². The van der Waals surface area contributed by atoms with Crippen molar-refractivity contribution in [2.24, 2.45) is 5.92 Å². The van der Waals surface area contributed by atoms with Gasteiger partial charge in [-0.25, -0.2) is 0 Å². The summed E-state index contributed by atoms with van der Waals surface area (Å²) in [6, 6.07) is -0.435. The third-order valence-electron chi connectivity index (χ3n) is 4.36. The number of piperidine rings is 1. The zero-order valence-corrected chi connectivity index (χ0v) is 13.8. The molecule has 0 aromatic rings. The highest BCUT2D eigenvalue weighted by molar-refractivity contribution is 5.88. The number of hydrogen-bond acceptors (Lipinski definition) is 5. The lowest BCUT2D eigenvalue weighted by Crippen LogP contribution is -2.50. The topological polar surface area (TPSA) is 87.7 Å². The number of hydrogen-bond donors (Lipinski definition) is 2. The van der Waals surface area contributed by atoms with Gasteiger partial charge in [-0.2, -0.15) is 0 Å². The van der Waals surface area contributed by atoms with Gasteiger partial charge >= 0.3 is 5.97 Å². The fraction of sp³-hybridized carbons (Fsp3) is 0.812. The predicted octanol–water partition coefficient (Wildman–Crippen LogP) is 0.0464. The summed E-state index contributed by atoms with van der Waals surface area (Å²) in [6.45, 7) is 4.41. The maximum absolute atomic E-state index is 12.2. The predicted molar refractivity (Wildman–Crippen MR) is 84.6 cm³/mol. The highest BCUT2D eigenvalue weighted by Crippen LogP contribution is 2.17. The average Bonchev–Trinajstić information content (AvgIpc) is 2.73. The van der Waals surface area contributed by atoms with E-state index in [4.69, 9.17) is 4.74 Å². The molecule has 0 spiro atoms. The van der Waals surface area contributed by atoms with E-state index in [1.165, 1.54) is 0 Å². The first kappa shape index (κ1) is 17.7. The minimum Gasteiger partial charge on any atom is -0.466 e. The van der Waals surface area contributed by atoms with Gasteiger partial charge in [-0.05, 0) is 45.6 Å². The quantitative estimate of drug-likeness (QED) is 0.697. The average molecular weight is 325 g/mol. The minimum absolute atomic E-state index is 0.0982. The number of rotatable bonds is 5. The van der Waals surface area contributed by atoms with Crippen LogP contribution in [0.3, 0.4) is 0 Å². The van der Waals surface area contributed by atoms with Crippen molar-refractivity contribution in [2.75, 3.05) is 32.8 Å². The summed E-state index contributed by atoms with van der Waals surface area (Å²) in [7, 11) is 0. The Kier molecular flexibility index (Phi) is 6.83. The van der Waals surface area contributed by atoms with Crippen LogP contribution in [0.5, 0.6) is 0 Å². The van der Waals surface area contributed by atoms with Gasteiger partial charge < -0.3 is 15.4 Å². The molecule has 0 bridgehead atoms. The molecule has 2 aliphatic heterocycles. The summed E-state index contributed by atoms with van der Waals surface area (Å²) >= 11 is 0. The zero-order valence-electron chi connectivity index (χ0n) is 13.8. The number of carbonyl (C=O) groups is 3. The Morgan fingerprint density at radius 2 is 2.13 bits per heavy atom. The molecule has 2 rings (SSSR count). The Hall–Kier alpha value is -1.63. The second-order valence-electron chi connectivity index (χ2n) is 6.23. The normalized spacial score (nSPS) is 26.0. The van der Waals surface area contributed by atoms with E-state index in [1.54, 1.807) is 6.92 Å². The first-order valence-electron chi connectivity index (χ1n) is 8.56. The second kappa shape index (κ2) is 8.86. The summed E-state index contributed by atoms with van der Waals surface area (Å²) < 4.78 is 5.07. The van der Waals surface area contributed by atoms with Crippen LogP contribution in [0.2, 0.25) is 0 Å². The van der Waals surface area contributed by atoms with Crippen molar-refractivity contribution in [3.8, 4) is 0 Å². The van der Waals surface area contributed by atoms with Gasteiger partial charge in [0, 0.05) is 13.1 Å². The lowest BCUT2D eigenvalue weighted by Gasteiger charge is -2.31. The van der Waals surface area contributed by atoms with Gasteiger partial charge in [-0.3, -0.25) is 19.3 Å². The van der Waals surface area contributed by atoms with Gasteiger partial charge in [0.15, 0.2) is 0 Å². The molecule has 2 aliphatic rings. The van der Waals surface area contributed by atoms with Crippen molar-refractivity contribution >= 4 is 17.8 Å². The van der Waals surface area contributed by atoms with Crippen molar-refractivity contribution < 1.29 is 19.1 Å². The number of nitrogens with one attached hydrogen (secondary N) is 2. The molecule has 130 valence electrons. The first-order chi connectivity index (χ1) is 11.1. The van der Waals surface area contributed by atoms with E-state index >= 15 is 0 Å². The molecular formula is C16H27N3O4. The van der Waals surface area contributed by atoms with Gasteiger partial charge in [-0.1, -0.05) is 0 Å². The standard InChI is InChI=1S/C16H27N3O4/c1-2-23-16(22)12-6-5-9-19(10-12)11-14(20)18-13-7-3-4-8-17-15(13)21/h12-13H,2-11H2,1H3,(H,17,21)(H,18,20)/t12-,13+/m0/s1. The molecule has 2 fully saturated rings. The summed E-state index contributed by atoms with van der Waals surface area (Å²) in [6.07, 6.45) is 4.25. The number of esters is 1. The van der Waals surface area contributed by atoms with Crippen LogP contribution in [0.4, 0.5) is 0 Å². The van der Waals surface area contributed by atoms with Crippen molar-refractivity contribution in [2.45, 2.75) is 45.1 Å². The SMILES string of the molecule is CCOC(=O)[C@H]1CCCN(CC(=O)N[C@@H]2CCCCNC2=O)C1. The van der Waals surface area contributed by atoms with Crippen LogP contribution >= 0.6 is 0 Å².